The highest BCUT2D eigenvalue weighted by molar-refractivity contribution is 5.13. The number of hydrogen-bond donors (Lipinski definition) is 0. The first-order valence-electron chi connectivity index (χ1n) is 6.42. The molecule has 0 radical (unpaired) electrons. The van der Waals surface area contributed by atoms with Crippen LogP contribution in [-0.4, -0.2) is 25.1 Å². The van der Waals surface area contributed by atoms with Crippen LogP contribution in [0.4, 0.5) is 0 Å². The van der Waals surface area contributed by atoms with E-state index in [1.165, 1.54) is 5.56 Å². The highest BCUT2D eigenvalue weighted by Crippen LogP contribution is 2.34. The van der Waals surface area contributed by atoms with Crippen LogP contribution in [0.1, 0.15) is 12.0 Å². The lowest BCUT2D eigenvalue weighted by Crippen LogP contribution is -2.41. The van der Waals surface area contributed by atoms with Crippen molar-refractivity contribution in [1.82, 2.24) is 0 Å². The van der Waals surface area contributed by atoms with E-state index in [4.69, 9.17) is 14.2 Å². The van der Waals surface area contributed by atoms with Crippen LogP contribution in [0.25, 0.3) is 0 Å². The minimum absolute atomic E-state index is 0.0403. The van der Waals surface area contributed by atoms with Gasteiger partial charge in [-0.3, -0.25) is 0 Å². The number of rotatable bonds is 4. The van der Waals surface area contributed by atoms with Crippen molar-refractivity contribution in [3.63, 3.8) is 0 Å². The monoisotopic (exact) mass is 246 g/mol. The van der Waals surface area contributed by atoms with Gasteiger partial charge in [-0.05, 0) is 12.0 Å². The second-order valence-electron chi connectivity index (χ2n) is 4.86. The zero-order valence-electron chi connectivity index (χ0n) is 10.3. The Kier molecular flexibility index (Phi) is 3.46. The molecule has 2 fully saturated rings. The number of hydrogen-bond acceptors (Lipinski definition) is 3. The summed E-state index contributed by atoms with van der Waals surface area (Å²) in [6.45, 7) is 5.16. The third-order valence-electron chi connectivity index (χ3n) is 3.59. The van der Waals surface area contributed by atoms with Crippen LogP contribution in [0.5, 0.6) is 0 Å². The summed E-state index contributed by atoms with van der Waals surface area (Å²) in [6.07, 6.45) is 2.86. The molecule has 1 aromatic rings. The highest BCUT2D eigenvalue weighted by atomic mass is 16.7. The largest absolute Gasteiger partial charge is 0.368 e. The lowest BCUT2D eigenvalue weighted by molar-refractivity contribution is -0.191. The van der Waals surface area contributed by atoms with Crippen LogP contribution in [0, 0.1) is 5.92 Å². The van der Waals surface area contributed by atoms with E-state index in [2.05, 4.69) is 18.7 Å². The van der Waals surface area contributed by atoms with Gasteiger partial charge in [-0.25, -0.2) is 0 Å². The van der Waals surface area contributed by atoms with Gasteiger partial charge in [0.05, 0.1) is 19.3 Å². The lowest BCUT2D eigenvalue weighted by atomic mass is 9.93. The first-order chi connectivity index (χ1) is 8.86. The molecule has 3 nitrogen and oxygen atoms in total. The maximum absolute atomic E-state index is 5.98. The molecule has 96 valence electrons. The van der Waals surface area contributed by atoms with Crippen LogP contribution in [-0.2, 0) is 20.8 Å². The maximum atomic E-state index is 5.98. The molecule has 2 aliphatic rings. The SMILES string of the molecule is C=CC1CC2COC(O2)C1OCc1ccccc1. The molecule has 0 aliphatic carbocycles. The van der Waals surface area contributed by atoms with Crippen LogP contribution in [0.3, 0.4) is 0 Å². The van der Waals surface area contributed by atoms with Crippen LogP contribution >= 0.6 is 0 Å². The quantitative estimate of drug-likeness (QED) is 0.764. The van der Waals surface area contributed by atoms with Gasteiger partial charge in [0.25, 0.3) is 0 Å². The van der Waals surface area contributed by atoms with Gasteiger partial charge in [0, 0.05) is 5.92 Å². The van der Waals surface area contributed by atoms with Gasteiger partial charge in [-0.15, -0.1) is 6.58 Å². The molecule has 18 heavy (non-hydrogen) atoms. The summed E-state index contributed by atoms with van der Waals surface area (Å²) in [4.78, 5) is 0. The van der Waals surface area contributed by atoms with E-state index in [0.29, 0.717) is 19.1 Å². The molecule has 0 amide bonds. The fourth-order valence-corrected chi connectivity index (χ4v) is 2.60. The number of benzene rings is 1. The summed E-state index contributed by atoms with van der Waals surface area (Å²) < 4.78 is 17.3. The predicted molar refractivity (Wildman–Crippen MR) is 67.9 cm³/mol. The lowest BCUT2D eigenvalue weighted by Gasteiger charge is -2.33. The van der Waals surface area contributed by atoms with Crippen LogP contribution in [0.2, 0.25) is 0 Å². The summed E-state index contributed by atoms with van der Waals surface area (Å²) in [5.74, 6) is 0.319. The van der Waals surface area contributed by atoms with Gasteiger partial charge in [-0.1, -0.05) is 36.4 Å². The standard InChI is InChI=1S/C15H18O3/c1-2-12-8-13-10-17-15(18-13)14(12)16-9-11-6-4-3-5-7-11/h2-7,12-15H,1,8-10H2. The van der Waals surface area contributed by atoms with Crippen molar-refractivity contribution >= 4 is 0 Å². The zero-order chi connectivity index (χ0) is 12.4. The maximum Gasteiger partial charge on any atom is 0.184 e. The second-order valence-corrected chi connectivity index (χ2v) is 4.86. The van der Waals surface area contributed by atoms with E-state index in [9.17, 15) is 0 Å². The van der Waals surface area contributed by atoms with E-state index < -0.39 is 0 Å². The second kappa shape index (κ2) is 5.22. The van der Waals surface area contributed by atoms with Crippen LogP contribution in [0.15, 0.2) is 43.0 Å². The molecule has 2 aliphatic heterocycles. The van der Waals surface area contributed by atoms with Gasteiger partial charge in [0.1, 0.15) is 6.10 Å². The first-order valence-corrected chi connectivity index (χ1v) is 6.42. The molecule has 3 heteroatoms. The molecule has 4 unspecified atom stereocenters. The normalized spacial score (nSPS) is 34.4. The summed E-state index contributed by atoms with van der Waals surface area (Å²) in [5.41, 5.74) is 1.17. The molecule has 3 rings (SSSR count). The van der Waals surface area contributed by atoms with Gasteiger partial charge in [0.15, 0.2) is 6.29 Å². The molecule has 1 aromatic carbocycles. The topological polar surface area (TPSA) is 27.7 Å². The Bertz CT molecular complexity index is 403. The van der Waals surface area contributed by atoms with Crippen molar-refractivity contribution < 1.29 is 14.2 Å². The summed E-state index contributed by atoms with van der Waals surface area (Å²) in [7, 11) is 0. The smallest absolute Gasteiger partial charge is 0.184 e. The van der Waals surface area contributed by atoms with Crippen molar-refractivity contribution in [1.29, 1.82) is 0 Å². The van der Waals surface area contributed by atoms with Crippen molar-refractivity contribution in [3.8, 4) is 0 Å². The Labute approximate surface area is 107 Å². The Balaban J connectivity index is 1.65. The predicted octanol–water partition coefficient (Wildman–Crippen LogP) is 2.52. The third-order valence-corrected chi connectivity index (χ3v) is 3.59. The Morgan fingerprint density at radius 1 is 1.33 bits per heavy atom. The van der Waals surface area contributed by atoms with E-state index in [1.807, 2.05) is 24.3 Å². The Morgan fingerprint density at radius 2 is 2.17 bits per heavy atom. The molecular formula is C15H18O3. The average molecular weight is 246 g/mol. The third kappa shape index (κ3) is 2.34. The van der Waals surface area contributed by atoms with Crippen molar-refractivity contribution in [2.45, 2.75) is 31.5 Å². The Hall–Kier alpha value is -1.16. The first kappa shape index (κ1) is 11.9. The molecule has 4 atom stereocenters. The van der Waals surface area contributed by atoms with E-state index in [-0.39, 0.29) is 18.5 Å². The minimum Gasteiger partial charge on any atom is -0.368 e. The van der Waals surface area contributed by atoms with Crippen molar-refractivity contribution in [2.75, 3.05) is 6.61 Å². The molecule has 0 N–H and O–H groups in total. The fourth-order valence-electron chi connectivity index (χ4n) is 2.60. The van der Waals surface area contributed by atoms with E-state index in [1.54, 1.807) is 0 Å². The van der Waals surface area contributed by atoms with Gasteiger partial charge < -0.3 is 14.2 Å². The molecular weight excluding hydrogens is 228 g/mol. The molecule has 0 saturated carbocycles. The van der Waals surface area contributed by atoms with Crippen molar-refractivity contribution in [2.24, 2.45) is 5.92 Å². The Morgan fingerprint density at radius 3 is 2.94 bits per heavy atom. The van der Waals surface area contributed by atoms with Gasteiger partial charge in [-0.2, -0.15) is 0 Å². The molecule has 0 aromatic heterocycles. The van der Waals surface area contributed by atoms with E-state index in [0.717, 1.165) is 6.42 Å². The fraction of sp³-hybridized carbons (Fsp3) is 0.467. The minimum atomic E-state index is -0.226. The van der Waals surface area contributed by atoms with Crippen LogP contribution < -0.4 is 0 Å². The van der Waals surface area contributed by atoms with Crippen molar-refractivity contribution in [3.05, 3.63) is 48.6 Å². The highest BCUT2D eigenvalue weighted by Gasteiger charge is 2.43. The summed E-state index contributed by atoms with van der Waals surface area (Å²) in [6, 6.07) is 10.2. The average Bonchev–Trinajstić information content (AvgIpc) is 2.81. The number of fused-ring (bicyclic) bond motifs is 2. The summed E-state index contributed by atoms with van der Waals surface area (Å²) in [5, 5.41) is 0. The number of ether oxygens (including phenoxy) is 3. The molecule has 2 bridgehead atoms. The van der Waals surface area contributed by atoms with Gasteiger partial charge >= 0.3 is 0 Å². The molecule has 0 spiro atoms. The molecule has 2 heterocycles. The van der Waals surface area contributed by atoms with Gasteiger partial charge in [0.2, 0.25) is 0 Å². The molecule has 2 saturated heterocycles. The summed E-state index contributed by atoms with van der Waals surface area (Å²) >= 11 is 0. The van der Waals surface area contributed by atoms with E-state index >= 15 is 0 Å². The zero-order valence-corrected chi connectivity index (χ0v) is 10.3.